The lowest BCUT2D eigenvalue weighted by Crippen LogP contribution is -2.26. The minimum atomic E-state index is 0.279. The van der Waals surface area contributed by atoms with Crippen LogP contribution in [0.2, 0.25) is 5.02 Å². The van der Waals surface area contributed by atoms with E-state index in [0.717, 1.165) is 30.7 Å². The van der Waals surface area contributed by atoms with Crippen molar-refractivity contribution in [1.29, 1.82) is 0 Å². The Kier molecular flexibility index (Phi) is 5.40. The van der Waals surface area contributed by atoms with Gasteiger partial charge in [0.2, 0.25) is 0 Å². The van der Waals surface area contributed by atoms with Crippen LogP contribution in [-0.4, -0.2) is 39.8 Å². The SMILES string of the molecule is COc1ccc(C2Cc3cc(OC)c(OC)c(Cl)c3CCN2C)cc1. The summed E-state index contributed by atoms with van der Waals surface area (Å²) in [4.78, 5) is 2.37. The molecule has 1 heterocycles. The maximum absolute atomic E-state index is 6.62. The van der Waals surface area contributed by atoms with E-state index in [4.69, 9.17) is 25.8 Å². The predicted octanol–water partition coefficient (Wildman–Crippen LogP) is 4.14. The van der Waals surface area contributed by atoms with Crippen LogP contribution in [0.1, 0.15) is 22.7 Å². The molecular formula is C20H24ClNO3. The van der Waals surface area contributed by atoms with Gasteiger partial charge in [0.25, 0.3) is 0 Å². The molecule has 0 aromatic heterocycles. The van der Waals surface area contributed by atoms with Gasteiger partial charge in [-0.2, -0.15) is 0 Å². The van der Waals surface area contributed by atoms with Crippen molar-refractivity contribution in [3.8, 4) is 17.2 Å². The van der Waals surface area contributed by atoms with E-state index in [-0.39, 0.29) is 6.04 Å². The molecule has 0 fully saturated rings. The van der Waals surface area contributed by atoms with Crippen molar-refractivity contribution in [1.82, 2.24) is 4.90 Å². The molecule has 0 saturated carbocycles. The summed E-state index contributed by atoms with van der Waals surface area (Å²) < 4.78 is 16.2. The van der Waals surface area contributed by atoms with Crippen molar-refractivity contribution >= 4 is 11.6 Å². The van der Waals surface area contributed by atoms with Gasteiger partial charge in [-0.05, 0) is 54.8 Å². The zero-order chi connectivity index (χ0) is 18.0. The number of methoxy groups -OCH3 is 3. The van der Waals surface area contributed by atoms with E-state index in [1.165, 1.54) is 11.1 Å². The summed E-state index contributed by atoms with van der Waals surface area (Å²) in [6, 6.07) is 10.6. The quantitative estimate of drug-likeness (QED) is 0.819. The van der Waals surface area contributed by atoms with Crippen molar-refractivity contribution in [2.75, 3.05) is 34.9 Å². The van der Waals surface area contributed by atoms with E-state index in [1.807, 2.05) is 12.1 Å². The van der Waals surface area contributed by atoms with Crippen LogP contribution in [0.5, 0.6) is 17.2 Å². The van der Waals surface area contributed by atoms with Crippen LogP contribution in [0, 0.1) is 0 Å². The summed E-state index contributed by atoms with van der Waals surface area (Å²) in [5, 5.41) is 0.667. The van der Waals surface area contributed by atoms with Gasteiger partial charge in [0.05, 0.1) is 26.4 Å². The molecule has 5 heteroatoms. The number of ether oxygens (including phenoxy) is 3. The number of nitrogens with zero attached hydrogens (tertiary/aromatic N) is 1. The van der Waals surface area contributed by atoms with E-state index in [2.05, 4.69) is 30.1 Å². The van der Waals surface area contributed by atoms with Gasteiger partial charge in [-0.3, -0.25) is 4.90 Å². The molecule has 134 valence electrons. The second-order valence-corrected chi connectivity index (χ2v) is 6.67. The summed E-state index contributed by atoms with van der Waals surface area (Å²) in [5.74, 6) is 2.17. The Hall–Kier alpha value is -1.91. The summed E-state index contributed by atoms with van der Waals surface area (Å²) in [5.41, 5.74) is 3.64. The lowest BCUT2D eigenvalue weighted by atomic mass is 9.95. The molecule has 2 aromatic carbocycles. The van der Waals surface area contributed by atoms with Crippen LogP contribution >= 0.6 is 11.6 Å². The molecule has 1 atom stereocenters. The predicted molar refractivity (Wildman–Crippen MR) is 100 cm³/mol. The van der Waals surface area contributed by atoms with E-state index in [1.54, 1.807) is 21.3 Å². The Morgan fingerprint density at radius 3 is 2.36 bits per heavy atom. The molecule has 25 heavy (non-hydrogen) atoms. The minimum absolute atomic E-state index is 0.279. The number of hydrogen-bond donors (Lipinski definition) is 0. The van der Waals surface area contributed by atoms with Gasteiger partial charge >= 0.3 is 0 Å². The van der Waals surface area contributed by atoms with Crippen LogP contribution in [0.4, 0.5) is 0 Å². The summed E-state index contributed by atoms with van der Waals surface area (Å²) in [6.45, 7) is 0.929. The number of hydrogen-bond acceptors (Lipinski definition) is 4. The fourth-order valence-electron chi connectivity index (χ4n) is 3.50. The molecule has 1 aliphatic heterocycles. The maximum atomic E-state index is 6.62. The molecule has 0 aliphatic carbocycles. The molecule has 0 spiro atoms. The Bertz CT molecular complexity index is 746. The van der Waals surface area contributed by atoms with Gasteiger partial charge in [-0.15, -0.1) is 0 Å². The molecule has 2 aromatic rings. The first kappa shape index (κ1) is 17.9. The molecule has 0 amide bonds. The molecule has 0 N–H and O–H groups in total. The Labute approximate surface area is 154 Å². The van der Waals surface area contributed by atoms with Crippen LogP contribution < -0.4 is 14.2 Å². The van der Waals surface area contributed by atoms with Gasteiger partial charge in [-0.25, -0.2) is 0 Å². The average Bonchev–Trinajstić information content (AvgIpc) is 2.81. The third-order valence-corrected chi connectivity index (χ3v) is 5.37. The molecule has 0 radical (unpaired) electrons. The van der Waals surface area contributed by atoms with Crippen molar-refractivity contribution < 1.29 is 14.2 Å². The second kappa shape index (κ2) is 7.54. The van der Waals surface area contributed by atoms with E-state index in [0.29, 0.717) is 16.5 Å². The highest BCUT2D eigenvalue weighted by molar-refractivity contribution is 6.33. The fraction of sp³-hybridized carbons (Fsp3) is 0.400. The van der Waals surface area contributed by atoms with Crippen molar-refractivity contribution in [2.45, 2.75) is 18.9 Å². The minimum Gasteiger partial charge on any atom is -0.497 e. The average molecular weight is 362 g/mol. The third kappa shape index (κ3) is 3.42. The molecular weight excluding hydrogens is 338 g/mol. The zero-order valence-corrected chi connectivity index (χ0v) is 15.9. The molecule has 0 bridgehead atoms. The number of fused-ring (bicyclic) bond motifs is 1. The molecule has 3 rings (SSSR count). The van der Waals surface area contributed by atoms with Crippen LogP contribution in [-0.2, 0) is 12.8 Å². The van der Waals surface area contributed by atoms with Crippen LogP contribution in [0.15, 0.2) is 30.3 Å². The van der Waals surface area contributed by atoms with Gasteiger partial charge < -0.3 is 14.2 Å². The monoisotopic (exact) mass is 361 g/mol. The van der Waals surface area contributed by atoms with Gasteiger partial charge in [0.1, 0.15) is 5.75 Å². The normalized spacial score (nSPS) is 17.6. The second-order valence-electron chi connectivity index (χ2n) is 6.29. The molecule has 4 nitrogen and oxygen atoms in total. The van der Waals surface area contributed by atoms with E-state index < -0.39 is 0 Å². The van der Waals surface area contributed by atoms with Crippen LogP contribution in [0.25, 0.3) is 0 Å². The fourth-order valence-corrected chi connectivity index (χ4v) is 3.88. The number of rotatable bonds is 4. The van der Waals surface area contributed by atoms with Crippen molar-refractivity contribution in [2.24, 2.45) is 0 Å². The number of halogens is 1. The van der Waals surface area contributed by atoms with E-state index in [9.17, 15) is 0 Å². The standard InChI is InChI=1S/C20H24ClNO3/c1-22-10-9-16-14(12-18(24-3)20(25-4)19(16)21)11-17(22)13-5-7-15(23-2)8-6-13/h5-8,12,17H,9-11H2,1-4H3. The largest absolute Gasteiger partial charge is 0.497 e. The van der Waals surface area contributed by atoms with Crippen molar-refractivity contribution in [3.63, 3.8) is 0 Å². The summed E-state index contributed by atoms with van der Waals surface area (Å²) in [7, 11) is 7.11. The van der Waals surface area contributed by atoms with Gasteiger partial charge in [0.15, 0.2) is 11.5 Å². The topological polar surface area (TPSA) is 30.9 Å². The Balaban J connectivity index is 2.01. The molecule has 1 unspecified atom stereocenters. The first-order valence-electron chi connectivity index (χ1n) is 8.35. The molecule has 1 aliphatic rings. The Morgan fingerprint density at radius 1 is 1.04 bits per heavy atom. The summed E-state index contributed by atoms with van der Waals surface area (Å²) in [6.07, 6.45) is 1.76. The smallest absolute Gasteiger partial charge is 0.179 e. The first-order valence-corrected chi connectivity index (χ1v) is 8.73. The summed E-state index contributed by atoms with van der Waals surface area (Å²) >= 11 is 6.62. The van der Waals surface area contributed by atoms with E-state index >= 15 is 0 Å². The Morgan fingerprint density at radius 2 is 1.76 bits per heavy atom. The first-order chi connectivity index (χ1) is 12.1. The van der Waals surface area contributed by atoms with Gasteiger partial charge in [-0.1, -0.05) is 23.7 Å². The van der Waals surface area contributed by atoms with Crippen LogP contribution in [0.3, 0.4) is 0 Å². The van der Waals surface area contributed by atoms with Crippen molar-refractivity contribution in [3.05, 3.63) is 52.0 Å². The highest BCUT2D eigenvalue weighted by Gasteiger charge is 2.27. The molecule has 0 saturated heterocycles. The lowest BCUT2D eigenvalue weighted by molar-refractivity contribution is 0.254. The van der Waals surface area contributed by atoms with Gasteiger partial charge in [0, 0.05) is 12.6 Å². The maximum Gasteiger partial charge on any atom is 0.179 e. The zero-order valence-electron chi connectivity index (χ0n) is 15.1. The highest BCUT2D eigenvalue weighted by atomic mass is 35.5. The third-order valence-electron chi connectivity index (χ3n) is 4.97. The highest BCUT2D eigenvalue weighted by Crippen LogP contribution is 2.42. The lowest BCUT2D eigenvalue weighted by Gasteiger charge is -2.26. The number of likely N-dealkylation sites (N-methyl/N-ethyl adjacent to an activating group) is 1. The number of benzene rings is 2.